The highest BCUT2D eigenvalue weighted by Gasteiger charge is 2.37. The van der Waals surface area contributed by atoms with Crippen molar-refractivity contribution in [3.63, 3.8) is 0 Å². The summed E-state index contributed by atoms with van der Waals surface area (Å²) < 4.78 is 5.19. The minimum atomic E-state index is -0.0911. The Labute approximate surface area is 145 Å². The predicted molar refractivity (Wildman–Crippen MR) is 97.1 cm³/mol. The molecule has 24 heavy (non-hydrogen) atoms. The van der Waals surface area contributed by atoms with Gasteiger partial charge in [-0.05, 0) is 36.6 Å². The van der Waals surface area contributed by atoms with Crippen LogP contribution in [-0.2, 0) is 11.3 Å². The minimum Gasteiger partial charge on any atom is -0.463 e. The summed E-state index contributed by atoms with van der Waals surface area (Å²) in [7, 11) is 0. The number of benzene rings is 1. The Hall–Kier alpha value is -2.34. The van der Waals surface area contributed by atoms with Gasteiger partial charge in [-0.2, -0.15) is 5.10 Å². The number of rotatable bonds is 5. The normalized spacial score (nSPS) is 19.8. The molecule has 124 valence electrons. The second kappa shape index (κ2) is 7.49. The average Bonchev–Trinajstić information content (AvgIpc) is 3.19. The lowest BCUT2D eigenvalue weighted by molar-refractivity contribution is -0.126. The van der Waals surface area contributed by atoms with Gasteiger partial charge >= 0.3 is 0 Å². The zero-order valence-electron chi connectivity index (χ0n) is 13.7. The molecule has 0 bridgehead atoms. The molecule has 1 fully saturated rings. The van der Waals surface area contributed by atoms with Gasteiger partial charge in [0.2, 0.25) is 5.91 Å². The van der Waals surface area contributed by atoms with Gasteiger partial charge in [0.15, 0.2) is 5.17 Å². The van der Waals surface area contributed by atoms with Crippen molar-refractivity contribution in [2.45, 2.75) is 32.1 Å². The molecule has 2 aromatic rings. The molecule has 0 N–H and O–H groups in total. The maximum Gasteiger partial charge on any atom is 0.242 e. The van der Waals surface area contributed by atoms with Crippen LogP contribution in [0.25, 0.3) is 0 Å². The maximum absolute atomic E-state index is 12.6. The number of hydrogen-bond donors (Lipinski definition) is 0. The number of aryl methyl sites for hydroxylation is 1. The Morgan fingerprint density at radius 2 is 2.12 bits per heavy atom. The van der Waals surface area contributed by atoms with E-state index in [4.69, 9.17) is 4.42 Å². The highest BCUT2D eigenvalue weighted by Crippen LogP contribution is 2.31. The van der Waals surface area contributed by atoms with E-state index in [0.29, 0.717) is 17.5 Å². The van der Waals surface area contributed by atoms with Gasteiger partial charge in [0.05, 0.1) is 24.3 Å². The number of carbonyl (C=O) groups excluding carboxylic acids is 1. The Morgan fingerprint density at radius 1 is 1.29 bits per heavy atom. The average molecular weight is 341 g/mol. The van der Waals surface area contributed by atoms with Crippen molar-refractivity contribution in [2.75, 3.05) is 0 Å². The van der Waals surface area contributed by atoms with Crippen LogP contribution in [-0.4, -0.2) is 27.4 Å². The van der Waals surface area contributed by atoms with E-state index in [2.05, 4.69) is 10.2 Å². The summed E-state index contributed by atoms with van der Waals surface area (Å²) in [5.41, 5.74) is 2.28. The van der Waals surface area contributed by atoms with Gasteiger partial charge in [0.25, 0.3) is 0 Å². The smallest absolute Gasteiger partial charge is 0.242 e. The van der Waals surface area contributed by atoms with E-state index in [0.717, 1.165) is 17.5 Å². The number of amidine groups is 1. The number of nitrogens with zero attached hydrogens (tertiary/aromatic N) is 3. The Kier molecular flexibility index (Phi) is 5.15. The molecule has 0 radical (unpaired) electrons. The van der Waals surface area contributed by atoms with Gasteiger partial charge < -0.3 is 4.42 Å². The third-order valence-electron chi connectivity index (χ3n) is 3.85. The predicted octanol–water partition coefficient (Wildman–Crippen LogP) is 3.83. The van der Waals surface area contributed by atoms with Gasteiger partial charge in [-0.15, -0.1) is 5.10 Å². The van der Waals surface area contributed by atoms with Crippen LogP contribution in [0.5, 0.6) is 0 Å². The molecule has 2 heterocycles. The molecule has 5 nitrogen and oxygen atoms in total. The molecule has 0 saturated carbocycles. The van der Waals surface area contributed by atoms with Crippen molar-refractivity contribution in [2.24, 2.45) is 10.2 Å². The summed E-state index contributed by atoms with van der Waals surface area (Å²) in [6.07, 6.45) is 3.90. The first-order chi connectivity index (χ1) is 11.7. The molecule has 6 heteroatoms. The monoisotopic (exact) mass is 341 g/mol. The van der Waals surface area contributed by atoms with Crippen molar-refractivity contribution in [1.82, 2.24) is 4.90 Å². The van der Waals surface area contributed by atoms with Crippen LogP contribution in [0.3, 0.4) is 0 Å². The summed E-state index contributed by atoms with van der Waals surface area (Å²) in [6, 6.07) is 11.7. The number of furan rings is 1. The number of hydrogen-bond acceptors (Lipinski definition) is 5. The van der Waals surface area contributed by atoms with Crippen molar-refractivity contribution >= 4 is 29.1 Å². The third kappa shape index (κ3) is 3.59. The summed E-state index contributed by atoms with van der Waals surface area (Å²) >= 11 is 1.47. The summed E-state index contributed by atoms with van der Waals surface area (Å²) in [5, 5.41) is 8.86. The molecular formula is C18H19N3O2S. The Morgan fingerprint density at radius 3 is 2.83 bits per heavy atom. The molecular weight excluding hydrogens is 322 g/mol. The van der Waals surface area contributed by atoms with Crippen LogP contribution in [0.2, 0.25) is 0 Å². The molecule has 1 aromatic heterocycles. The van der Waals surface area contributed by atoms with E-state index in [9.17, 15) is 4.79 Å². The standard InChI is InChI=1S/C18H19N3O2S/c1-3-16-17(22)21(12-14-8-5-4-7-13(14)2)18(24-16)20-19-11-15-9-6-10-23-15/h4-11,16H,3,12H2,1-2H3/b19-11-,20-18+/t16-/m1/s1. The van der Waals surface area contributed by atoms with Crippen LogP contribution in [0.1, 0.15) is 30.2 Å². The van der Waals surface area contributed by atoms with Crippen LogP contribution < -0.4 is 0 Å². The fraction of sp³-hybridized carbons (Fsp3) is 0.278. The highest BCUT2D eigenvalue weighted by molar-refractivity contribution is 8.15. The van der Waals surface area contributed by atoms with Gasteiger partial charge in [-0.25, -0.2) is 0 Å². The van der Waals surface area contributed by atoms with E-state index in [1.54, 1.807) is 29.5 Å². The highest BCUT2D eigenvalue weighted by atomic mass is 32.2. The molecule has 1 aliphatic heterocycles. The molecule has 0 spiro atoms. The Balaban J connectivity index is 1.82. The van der Waals surface area contributed by atoms with E-state index >= 15 is 0 Å². The van der Waals surface area contributed by atoms with Gasteiger partial charge in [0.1, 0.15) is 5.76 Å². The van der Waals surface area contributed by atoms with Gasteiger partial charge in [0, 0.05) is 0 Å². The fourth-order valence-corrected chi connectivity index (χ4v) is 3.47. The zero-order valence-corrected chi connectivity index (χ0v) is 14.5. The molecule has 1 aromatic carbocycles. The van der Waals surface area contributed by atoms with E-state index in [1.165, 1.54) is 11.8 Å². The maximum atomic E-state index is 12.6. The lowest BCUT2D eigenvalue weighted by atomic mass is 10.1. The number of thioether (sulfide) groups is 1. The SMILES string of the molecule is CC[C@H]1S/C(=N/N=C\c2ccco2)N(Cc2ccccc2C)C1=O. The molecule has 0 unspecified atom stereocenters. The summed E-state index contributed by atoms with van der Waals surface area (Å²) in [6.45, 7) is 4.58. The topological polar surface area (TPSA) is 58.2 Å². The van der Waals surface area contributed by atoms with E-state index in [-0.39, 0.29) is 11.2 Å². The molecule has 1 aliphatic rings. The van der Waals surface area contributed by atoms with Gasteiger partial charge in [-0.3, -0.25) is 9.69 Å². The Bertz CT molecular complexity index is 768. The van der Waals surface area contributed by atoms with E-state index in [1.807, 2.05) is 38.1 Å². The molecule has 1 amide bonds. The minimum absolute atomic E-state index is 0.0911. The van der Waals surface area contributed by atoms with E-state index < -0.39 is 0 Å². The van der Waals surface area contributed by atoms with Crippen LogP contribution >= 0.6 is 11.8 Å². The van der Waals surface area contributed by atoms with Gasteiger partial charge in [-0.1, -0.05) is 43.0 Å². The van der Waals surface area contributed by atoms with Crippen LogP contribution in [0.15, 0.2) is 57.3 Å². The molecule has 1 saturated heterocycles. The first-order valence-electron chi connectivity index (χ1n) is 7.86. The number of carbonyl (C=O) groups is 1. The molecule has 3 rings (SSSR count). The lowest BCUT2D eigenvalue weighted by Gasteiger charge is -2.17. The summed E-state index contributed by atoms with van der Waals surface area (Å²) in [5.74, 6) is 0.726. The van der Waals surface area contributed by atoms with Crippen LogP contribution in [0, 0.1) is 6.92 Å². The first kappa shape index (κ1) is 16.5. The molecule has 1 atom stereocenters. The quantitative estimate of drug-likeness (QED) is 0.613. The summed E-state index contributed by atoms with van der Waals surface area (Å²) in [4.78, 5) is 14.3. The van der Waals surface area contributed by atoms with Crippen molar-refractivity contribution in [3.8, 4) is 0 Å². The molecule has 0 aliphatic carbocycles. The van der Waals surface area contributed by atoms with Crippen molar-refractivity contribution < 1.29 is 9.21 Å². The lowest BCUT2D eigenvalue weighted by Crippen LogP contribution is -2.31. The second-order valence-corrected chi connectivity index (χ2v) is 6.68. The first-order valence-corrected chi connectivity index (χ1v) is 8.74. The largest absolute Gasteiger partial charge is 0.463 e. The fourth-order valence-electron chi connectivity index (χ4n) is 2.45. The number of amides is 1. The zero-order chi connectivity index (χ0) is 16.9. The van der Waals surface area contributed by atoms with Crippen LogP contribution in [0.4, 0.5) is 0 Å². The third-order valence-corrected chi connectivity index (χ3v) is 5.18. The second-order valence-electron chi connectivity index (χ2n) is 5.51. The van der Waals surface area contributed by atoms with Crippen molar-refractivity contribution in [1.29, 1.82) is 0 Å². The van der Waals surface area contributed by atoms with Crippen molar-refractivity contribution in [3.05, 3.63) is 59.5 Å².